The Morgan fingerprint density at radius 3 is 2.65 bits per heavy atom. The molecule has 0 aliphatic carbocycles. The lowest BCUT2D eigenvalue weighted by Gasteiger charge is -2.19. The second-order valence-electron chi connectivity index (χ2n) is 4.44. The molecule has 94 valence electrons. The van der Waals surface area contributed by atoms with Crippen molar-refractivity contribution < 1.29 is 19.0 Å². The quantitative estimate of drug-likeness (QED) is 0.824. The molecule has 0 atom stereocenters. The van der Waals surface area contributed by atoms with Crippen LogP contribution >= 0.6 is 0 Å². The fourth-order valence-corrected chi connectivity index (χ4v) is 1.11. The van der Waals surface area contributed by atoms with Gasteiger partial charge < -0.3 is 15.6 Å². The minimum atomic E-state index is -1.01. The molecule has 0 amide bonds. The number of benzene rings is 1. The lowest BCUT2D eigenvalue weighted by molar-refractivity contribution is -0.148. The van der Waals surface area contributed by atoms with E-state index in [9.17, 15) is 9.18 Å². The molecule has 0 bridgehead atoms. The summed E-state index contributed by atoms with van der Waals surface area (Å²) in [6.45, 7) is 3.18. The van der Waals surface area contributed by atoms with Gasteiger partial charge in [-0.2, -0.15) is 0 Å². The number of carboxylic acids is 1. The minimum absolute atomic E-state index is 0.0241. The SMILES string of the molecule is CC(C)(COc1ccc(CN)c(F)c1)C(=O)O. The Labute approximate surface area is 99.2 Å². The van der Waals surface area contributed by atoms with Gasteiger partial charge in [0, 0.05) is 18.2 Å². The number of nitrogens with two attached hydrogens (primary N) is 1. The fraction of sp³-hybridized carbons (Fsp3) is 0.417. The van der Waals surface area contributed by atoms with Gasteiger partial charge in [0.2, 0.25) is 0 Å². The van der Waals surface area contributed by atoms with Crippen LogP contribution in [0.3, 0.4) is 0 Å². The average Bonchev–Trinajstić information content (AvgIpc) is 2.26. The molecule has 1 aromatic rings. The number of aliphatic carboxylic acids is 1. The van der Waals surface area contributed by atoms with Crippen LogP contribution in [0.1, 0.15) is 19.4 Å². The van der Waals surface area contributed by atoms with E-state index in [1.165, 1.54) is 12.1 Å². The van der Waals surface area contributed by atoms with Crippen molar-refractivity contribution in [3.63, 3.8) is 0 Å². The first kappa shape index (κ1) is 13.4. The van der Waals surface area contributed by atoms with Crippen LogP contribution in [0.15, 0.2) is 18.2 Å². The zero-order chi connectivity index (χ0) is 13.1. The molecule has 0 saturated carbocycles. The first-order chi connectivity index (χ1) is 7.86. The molecule has 0 aromatic heterocycles. The lowest BCUT2D eigenvalue weighted by Crippen LogP contribution is -2.30. The Morgan fingerprint density at radius 1 is 1.53 bits per heavy atom. The van der Waals surface area contributed by atoms with Crippen molar-refractivity contribution in [1.82, 2.24) is 0 Å². The van der Waals surface area contributed by atoms with Gasteiger partial charge in [-0.3, -0.25) is 4.79 Å². The molecule has 0 heterocycles. The summed E-state index contributed by atoms with van der Waals surface area (Å²) in [6.07, 6.45) is 0. The summed E-state index contributed by atoms with van der Waals surface area (Å²) in [5, 5.41) is 8.89. The molecule has 17 heavy (non-hydrogen) atoms. The molecule has 0 spiro atoms. The number of halogens is 1. The molecule has 5 heteroatoms. The van der Waals surface area contributed by atoms with Crippen LogP contribution in [-0.4, -0.2) is 17.7 Å². The van der Waals surface area contributed by atoms with Gasteiger partial charge in [0.15, 0.2) is 0 Å². The summed E-state index contributed by atoms with van der Waals surface area (Å²) >= 11 is 0. The van der Waals surface area contributed by atoms with Gasteiger partial charge in [-0.1, -0.05) is 6.07 Å². The molecule has 3 N–H and O–H groups in total. The zero-order valence-corrected chi connectivity index (χ0v) is 9.87. The highest BCUT2D eigenvalue weighted by molar-refractivity contribution is 5.73. The van der Waals surface area contributed by atoms with E-state index in [1.54, 1.807) is 19.9 Å². The molecule has 0 radical (unpaired) electrons. The predicted molar refractivity (Wildman–Crippen MR) is 61.2 cm³/mol. The highest BCUT2D eigenvalue weighted by Crippen LogP contribution is 2.21. The van der Waals surface area contributed by atoms with Crippen LogP contribution in [-0.2, 0) is 11.3 Å². The van der Waals surface area contributed by atoms with Crippen LogP contribution in [0.5, 0.6) is 5.75 Å². The molecule has 0 aliphatic heterocycles. The van der Waals surface area contributed by atoms with Crippen LogP contribution in [0.25, 0.3) is 0 Å². The fourth-order valence-electron chi connectivity index (χ4n) is 1.11. The summed E-state index contributed by atoms with van der Waals surface area (Å²) in [5.74, 6) is -1.11. The third-order valence-electron chi connectivity index (χ3n) is 2.42. The largest absolute Gasteiger partial charge is 0.492 e. The molecule has 4 nitrogen and oxygen atoms in total. The number of carboxylic acid groups (broad SMARTS) is 1. The van der Waals surface area contributed by atoms with Crippen LogP contribution in [0.4, 0.5) is 4.39 Å². The Kier molecular flexibility index (Phi) is 4.07. The monoisotopic (exact) mass is 241 g/mol. The first-order valence-corrected chi connectivity index (χ1v) is 5.21. The molecule has 0 aliphatic rings. The third-order valence-corrected chi connectivity index (χ3v) is 2.42. The number of rotatable bonds is 5. The van der Waals surface area contributed by atoms with E-state index in [1.807, 2.05) is 0 Å². The van der Waals surface area contributed by atoms with Gasteiger partial charge >= 0.3 is 5.97 Å². The van der Waals surface area contributed by atoms with Gasteiger partial charge in [0.25, 0.3) is 0 Å². The van der Waals surface area contributed by atoms with Crippen molar-refractivity contribution in [3.05, 3.63) is 29.6 Å². The van der Waals surface area contributed by atoms with Crippen molar-refractivity contribution in [2.45, 2.75) is 20.4 Å². The highest BCUT2D eigenvalue weighted by Gasteiger charge is 2.28. The van der Waals surface area contributed by atoms with E-state index in [-0.39, 0.29) is 13.2 Å². The standard InChI is InChI=1S/C12H16FNO3/c1-12(2,11(15)16)7-17-9-4-3-8(6-14)10(13)5-9/h3-5H,6-7,14H2,1-2H3,(H,15,16). The van der Waals surface area contributed by atoms with E-state index >= 15 is 0 Å². The topological polar surface area (TPSA) is 72.5 Å². The number of hydrogen-bond acceptors (Lipinski definition) is 3. The van der Waals surface area contributed by atoms with Crippen molar-refractivity contribution in [3.8, 4) is 5.75 Å². The van der Waals surface area contributed by atoms with Crippen LogP contribution in [0.2, 0.25) is 0 Å². The van der Waals surface area contributed by atoms with Crippen LogP contribution in [0, 0.1) is 11.2 Å². The Bertz CT molecular complexity index is 418. The number of hydrogen-bond donors (Lipinski definition) is 2. The third kappa shape index (κ3) is 3.42. The molecular weight excluding hydrogens is 225 g/mol. The van der Waals surface area contributed by atoms with E-state index < -0.39 is 17.2 Å². The number of ether oxygens (including phenoxy) is 1. The maximum atomic E-state index is 13.4. The number of carbonyl (C=O) groups is 1. The van der Waals surface area contributed by atoms with Crippen LogP contribution < -0.4 is 10.5 Å². The summed E-state index contributed by atoms with van der Waals surface area (Å²) < 4.78 is 18.6. The van der Waals surface area contributed by atoms with E-state index in [2.05, 4.69) is 0 Å². The average molecular weight is 241 g/mol. The van der Waals surface area contributed by atoms with Gasteiger partial charge in [-0.25, -0.2) is 4.39 Å². The Hall–Kier alpha value is -1.62. The maximum Gasteiger partial charge on any atom is 0.312 e. The van der Waals surface area contributed by atoms with Gasteiger partial charge in [0.05, 0.1) is 5.41 Å². The molecule has 1 aromatic carbocycles. The molecular formula is C12H16FNO3. The molecule has 1 rings (SSSR count). The Morgan fingerprint density at radius 2 is 2.18 bits per heavy atom. The van der Waals surface area contributed by atoms with Crippen molar-refractivity contribution >= 4 is 5.97 Å². The predicted octanol–water partition coefficient (Wildman–Crippen LogP) is 1.77. The normalized spacial score (nSPS) is 11.3. The van der Waals surface area contributed by atoms with Crippen molar-refractivity contribution in [2.75, 3.05) is 6.61 Å². The highest BCUT2D eigenvalue weighted by atomic mass is 19.1. The molecule has 0 unspecified atom stereocenters. The smallest absolute Gasteiger partial charge is 0.312 e. The van der Waals surface area contributed by atoms with Gasteiger partial charge in [0.1, 0.15) is 18.2 Å². The van der Waals surface area contributed by atoms with Crippen molar-refractivity contribution in [1.29, 1.82) is 0 Å². The molecule has 0 fully saturated rings. The van der Waals surface area contributed by atoms with E-state index in [4.69, 9.17) is 15.6 Å². The first-order valence-electron chi connectivity index (χ1n) is 5.21. The van der Waals surface area contributed by atoms with Gasteiger partial charge in [-0.05, 0) is 19.9 Å². The summed E-state index contributed by atoms with van der Waals surface area (Å²) in [7, 11) is 0. The van der Waals surface area contributed by atoms with E-state index in [0.717, 1.165) is 0 Å². The second kappa shape index (κ2) is 5.14. The molecule has 0 saturated heterocycles. The minimum Gasteiger partial charge on any atom is -0.492 e. The maximum absolute atomic E-state index is 13.4. The van der Waals surface area contributed by atoms with Crippen molar-refractivity contribution in [2.24, 2.45) is 11.1 Å². The summed E-state index contributed by atoms with van der Waals surface area (Å²) in [4.78, 5) is 10.8. The Balaban J connectivity index is 2.71. The zero-order valence-electron chi connectivity index (χ0n) is 9.87. The second-order valence-corrected chi connectivity index (χ2v) is 4.44. The van der Waals surface area contributed by atoms with Gasteiger partial charge in [-0.15, -0.1) is 0 Å². The lowest BCUT2D eigenvalue weighted by atomic mass is 9.95. The summed E-state index contributed by atoms with van der Waals surface area (Å²) in [6, 6.07) is 4.31. The summed E-state index contributed by atoms with van der Waals surface area (Å²) in [5.41, 5.74) is 4.71. The van der Waals surface area contributed by atoms with E-state index in [0.29, 0.717) is 11.3 Å².